The fourth-order valence-corrected chi connectivity index (χ4v) is 9.12. The molecule has 0 atom stereocenters. The van der Waals surface area contributed by atoms with Gasteiger partial charge in [-0.05, 0) is 76.0 Å². The molecule has 4 heteroatoms. The van der Waals surface area contributed by atoms with Gasteiger partial charge in [-0.3, -0.25) is 4.57 Å². The molecule has 58 heavy (non-hydrogen) atoms. The van der Waals surface area contributed by atoms with Gasteiger partial charge in [-0.15, -0.1) is 0 Å². The molecule has 3 heterocycles. The van der Waals surface area contributed by atoms with Crippen molar-refractivity contribution >= 4 is 65.3 Å². The van der Waals surface area contributed by atoms with Gasteiger partial charge in [0, 0.05) is 38.1 Å². The summed E-state index contributed by atoms with van der Waals surface area (Å²) in [6, 6.07) is 73.9. The molecule has 0 saturated heterocycles. The van der Waals surface area contributed by atoms with Gasteiger partial charge in [0.2, 0.25) is 5.95 Å². The van der Waals surface area contributed by atoms with E-state index >= 15 is 0 Å². The zero-order valence-electron chi connectivity index (χ0n) is 31.4. The Bertz CT molecular complexity index is 3560. The van der Waals surface area contributed by atoms with E-state index in [1.807, 2.05) is 6.07 Å². The van der Waals surface area contributed by atoms with Crippen LogP contribution in [0.5, 0.6) is 0 Å². The summed E-state index contributed by atoms with van der Waals surface area (Å²) in [5.74, 6) is 0.655. The highest BCUT2D eigenvalue weighted by molar-refractivity contribution is 6.18. The first-order valence-electron chi connectivity index (χ1n) is 19.8. The number of fused-ring (bicyclic) bond motifs is 8. The maximum atomic E-state index is 5.36. The smallest absolute Gasteiger partial charge is 0.235 e. The maximum Gasteiger partial charge on any atom is 0.235 e. The van der Waals surface area contributed by atoms with Crippen LogP contribution in [0.25, 0.3) is 110 Å². The summed E-state index contributed by atoms with van der Waals surface area (Å²) in [6.07, 6.45) is 0. The van der Waals surface area contributed by atoms with Gasteiger partial charge in [-0.2, -0.15) is 0 Å². The first-order valence-corrected chi connectivity index (χ1v) is 19.8. The van der Waals surface area contributed by atoms with E-state index in [0.717, 1.165) is 49.8 Å². The van der Waals surface area contributed by atoms with Crippen molar-refractivity contribution in [2.45, 2.75) is 0 Å². The molecule has 0 amide bonds. The largest absolute Gasteiger partial charge is 0.309 e. The molecule has 270 valence electrons. The first kappa shape index (κ1) is 32.4. The molecular weight excluding hydrogens is 705 g/mol. The zero-order valence-corrected chi connectivity index (χ0v) is 31.4. The Balaban J connectivity index is 1.13. The SMILES string of the molecule is c1ccc(-c2ccccc2-n2c3ccccc3c3c(-c4ccc5c(c4)c4cc6ccccc6cc4n5-c4nc(-c5ccccc5)c5ccccc5n4)cccc32)cc1. The lowest BCUT2D eigenvalue weighted by Crippen LogP contribution is -2.03. The monoisotopic (exact) mass is 738 g/mol. The molecule has 0 aliphatic rings. The molecule has 0 aliphatic heterocycles. The Morgan fingerprint density at radius 2 is 0.948 bits per heavy atom. The molecule has 0 aliphatic carbocycles. The number of nitrogens with zero attached hydrogens (tertiary/aromatic N) is 4. The molecule has 0 spiro atoms. The summed E-state index contributed by atoms with van der Waals surface area (Å²) in [5, 5.41) is 8.20. The Morgan fingerprint density at radius 3 is 1.79 bits per heavy atom. The number of hydrogen-bond acceptors (Lipinski definition) is 2. The molecule has 0 bridgehead atoms. The molecule has 4 nitrogen and oxygen atoms in total. The minimum Gasteiger partial charge on any atom is -0.309 e. The maximum absolute atomic E-state index is 5.36. The predicted molar refractivity (Wildman–Crippen MR) is 242 cm³/mol. The quantitative estimate of drug-likeness (QED) is 0.176. The van der Waals surface area contributed by atoms with E-state index in [1.54, 1.807) is 0 Å². The van der Waals surface area contributed by atoms with Crippen molar-refractivity contribution in [1.82, 2.24) is 19.1 Å². The lowest BCUT2D eigenvalue weighted by molar-refractivity contribution is 1.01. The van der Waals surface area contributed by atoms with Gasteiger partial charge in [-0.25, -0.2) is 9.97 Å². The Labute approximate surface area is 334 Å². The second-order valence-electron chi connectivity index (χ2n) is 15.0. The summed E-state index contributed by atoms with van der Waals surface area (Å²) in [6.45, 7) is 0. The number of benzene rings is 9. The summed E-state index contributed by atoms with van der Waals surface area (Å²) in [4.78, 5) is 10.6. The number of rotatable bonds is 5. The third kappa shape index (κ3) is 4.95. The number of para-hydroxylation sites is 3. The van der Waals surface area contributed by atoms with Crippen molar-refractivity contribution in [3.8, 4) is 45.1 Å². The van der Waals surface area contributed by atoms with Crippen molar-refractivity contribution in [1.29, 1.82) is 0 Å². The topological polar surface area (TPSA) is 35.6 Å². The van der Waals surface area contributed by atoms with Gasteiger partial charge in [0.05, 0.1) is 39.0 Å². The molecule has 0 unspecified atom stereocenters. The normalized spacial score (nSPS) is 11.8. The fourth-order valence-electron chi connectivity index (χ4n) is 9.12. The summed E-state index contributed by atoms with van der Waals surface area (Å²) >= 11 is 0. The highest BCUT2D eigenvalue weighted by atomic mass is 15.2. The van der Waals surface area contributed by atoms with E-state index in [-0.39, 0.29) is 0 Å². The highest BCUT2D eigenvalue weighted by Crippen LogP contribution is 2.43. The zero-order chi connectivity index (χ0) is 38.2. The van der Waals surface area contributed by atoms with E-state index in [1.165, 1.54) is 54.7 Å². The lowest BCUT2D eigenvalue weighted by atomic mass is 9.97. The van der Waals surface area contributed by atoms with Gasteiger partial charge < -0.3 is 4.57 Å². The van der Waals surface area contributed by atoms with E-state index in [2.05, 4.69) is 209 Å². The number of hydrogen-bond donors (Lipinski definition) is 0. The van der Waals surface area contributed by atoms with Crippen LogP contribution in [-0.4, -0.2) is 19.1 Å². The van der Waals surface area contributed by atoms with Crippen molar-refractivity contribution in [2.75, 3.05) is 0 Å². The van der Waals surface area contributed by atoms with Crippen LogP contribution in [0.4, 0.5) is 0 Å². The second-order valence-corrected chi connectivity index (χ2v) is 15.0. The molecule has 9 aromatic carbocycles. The van der Waals surface area contributed by atoms with Crippen LogP contribution in [0.2, 0.25) is 0 Å². The Morgan fingerprint density at radius 1 is 0.328 bits per heavy atom. The average Bonchev–Trinajstić information content (AvgIpc) is 3.80. The van der Waals surface area contributed by atoms with Gasteiger partial charge >= 0.3 is 0 Å². The van der Waals surface area contributed by atoms with Crippen LogP contribution in [-0.2, 0) is 0 Å². The van der Waals surface area contributed by atoms with Crippen LogP contribution in [0.15, 0.2) is 206 Å². The number of aromatic nitrogens is 4. The van der Waals surface area contributed by atoms with Crippen molar-refractivity contribution in [3.63, 3.8) is 0 Å². The molecular formula is C54H34N4. The predicted octanol–water partition coefficient (Wildman–Crippen LogP) is 14.0. The minimum absolute atomic E-state index is 0.655. The van der Waals surface area contributed by atoms with Gasteiger partial charge in [0.25, 0.3) is 0 Å². The van der Waals surface area contributed by atoms with Crippen LogP contribution in [0.3, 0.4) is 0 Å². The fraction of sp³-hybridized carbons (Fsp3) is 0. The first-order chi connectivity index (χ1) is 28.8. The van der Waals surface area contributed by atoms with E-state index < -0.39 is 0 Å². The van der Waals surface area contributed by atoms with Crippen LogP contribution in [0.1, 0.15) is 0 Å². The van der Waals surface area contributed by atoms with Crippen molar-refractivity contribution in [2.24, 2.45) is 0 Å². The third-order valence-corrected chi connectivity index (χ3v) is 11.7. The van der Waals surface area contributed by atoms with Gasteiger partial charge in [-0.1, -0.05) is 158 Å². The standard InChI is InChI=1S/C54H34N4/c1-3-16-35(17-4-1)40-22-10-13-27-47(40)57-48-28-14-11-24-43(48)52-41(25-15-29-50(52)57)39-30-31-49-44(33-39)45-32-37-20-7-8-21-38(37)34-51(45)58(49)54-55-46-26-12-9-23-42(46)53(56-54)36-18-5-2-6-19-36/h1-34H. The molecule has 12 aromatic rings. The molecule has 0 radical (unpaired) electrons. The van der Waals surface area contributed by atoms with Crippen LogP contribution < -0.4 is 0 Å². The average molecular weight is 739 g/mol. The van der Waals surface area contributed by atoms with Crippen LogP contribution in [0, 0.1) is 0 Å². The third-order valence-electron chi connectivity index (χ3n) is 11.7. The Hall–Kier alpha value is -7.82. The highest BCUT2D eigenvalue weighted by Gasteiger charge is 2.21. The van der Waals surface area contributed by atoms with Crippen LogP contribution >= 0.6 is 0 Å². The second kappa shape index (κ2) is 12.9. The van der Waals surface area contributed by atoms with Gasteiger partial charge in [0.1, 0.15) is 0 Å². The lowest BCUT2D eigenvalue weighted by Gasteiger charge is -2.14. The molecule has 0 fully saturated rings. The van der Waals surface area contributed by atoms with E-state index in [0.29, 0.717) is 5.95 Å². The molecule has 0 saturated carbocycles. The van der Waals surface area contributed by atoms with E-state index in [9.17, 15) is 0 Å². The Kier molecular flexibility index (Phi) is 7.20. The summed E-state index contributed by atoms with van der Waals surface area (Å²) < 4.78 is 4.70. The summed E-state index contributed by atoms with van der Waals surface area (Å²) in [5.41, 5.74) is 13.3. The summed E-state index contributed by atoms with van der Waals surface area (Å²) in [7, 11) is 0. The van der Waals surface area contributed by atoms with E-state index in [4.69, 9.17) is 9.97 Å². The molecule has 0 N–H and O–H groups in total. The van der Waals surface area contributed by atoms with Crippen molar-refractivity contribution < 1.29 is 0 Å². The molecule has 3 aromatic heterocycles. The van der Waals surface area contributed by atoms with Crippen molar-refractivity contribution in [3.05, 3.63) is 206 Å². The molecule has 12 rings (SSSR count). The minimum atomic E-state index is 0.655. The van der Waals surface area contributed by atoms with Gasteiger partial charge in [0.15, 0.2) is 0 Å².